The molecular weight excluding hydrogens is 112 g/mol. The summed E-state index contributed by atoms with van der Waals surface area (Å²) in [7, 11) is 0. The average Bonchev–Trinajstić information content (AvgIpc) is 2.52. The standard InChI is InChI=1S/C7H14N2/c1-3-6(9-8)7(2)4-5-7/h3,6,9H,1,4-5,8H2,2H3. The quantitative estimate of drug-likeness (QED) is 0.333. The van der Waals surface area contributed by atoms with E-state index in [0.717, 1.165) is 0 Å². The smallest absolute Gasteiger partial charge is 0.0441 e. The van der Waals surface area contributed by atoms with Crippen molar-refractivity contribution < 1.29 is 0 Å². The van der Waals surface area contributed by atoms with E-state index in [1.165, 1.54) is 12.8 Å². The van der Waals surface area contributed by atoms with Gasteiger partial charge in [-0.3, -0.25) is 11.3 Å². The summed E-state index contributed by atoms with van der Waals surface area (Å²) < 4.78 is 0. The largest absolute Gasteiger partial charge is 0.271 e. The fourth-order valence-electron chi connectivity index (χ4n) is 1.06. The monoisotopic (exact) mass is 126 g/mol. The zero-order valence-corrected chi connectivity index (χ0v) is 5.85. The van der Waals surface area contributed by atoms with Crippen LogP contribution in [0.4, 0.5) is 0 Å². The molecule has 1 fully saturated rings. The Balaban J connectivity index is 2.46. The molecule has 0 aromatic carbocycles. The molecule has 2 nitrogen and oxygen atoms in total. The van der Waals surface area contributed by atoms with Crippen LogP contribution in [0, 0.1) is 5.41 Å². The van der Waals surface area contributed by atoms with Gasteiger partial charge in [-0.25, -0.2) is 0 Å². The van der Waals surface area contributed by atoms with E-state index in [2.05, 4.69) is 18.9 Å². The molecule has 1 unspecified atom stereocenters. The third-order valence-electron chi connectivity index (χ3n) is 2.20. The fourth-order valence-corrected chi connectivity index (χ4v) is 1.06. The van der Waals surface area contributed by atoms with Crippen LogP contribution >= 0.6 is 0 Å². The summed E-state index contributed by atoms with van der Waals surface area (Å²) in [5, 5.41) is 0. The number of hydrazine groups is 1. The van der Waals surface area contributed by atoms with Crippen molar-refractivity contribution in [3.05, 3.63) is 12.7 Å². The number of nitrogens with two attached hydrogens (primary N) is 1. The Morgan fingerprint density at radius 3 is 2.44 bits per heavy atom. The van der Waals surface area contributed by atoms with Gasteiger partial charge in [-0.05, 0) is 18.3 Å². The van der Waals surface area contributed by atoms with Crippen LogP contribution in [-0.2, 0) is 0 Å². The molecule has 0 bridgehead atoms. The molecule has 3 N–H and O–H groups in total. The van der Waals surface area contributed by atoms with Crippen LogP contribution in [0.1, 0.15) is 19.8 Å². The molecule has 1 aliphatic rings. The number of rotatable bonds is 3. The molecule has 0 saturated heterocycles. The lowest BCUT2D eigenvalue weighted by molar-refractivity contribution is 0.424. The molecule has 0 radical (unpaired) electrons. The third kappa shape index (κ3) is 1.14. The highest BCUT2D eigenvalue weighted by Crippen LogP contribution is 2.48. The Hall–Kier alpha value is -0.340. The lowest BCUT2D eigenvalue weighted by Crippen LogP contribution is -2.39. The summed E-state index contributed by atoms with van der Waals surface area (Å²) in [6, 6.07) is 0.303. The van der Waals surface area contributed by atoms with E-state index < -0.39 is 0 Å². The van der Waals surface area contributed by atoms with Crippen molar-refractivity contribution in [3.63, 3.8) is 0 Å². The van der Waals surface area contributed by atoms with Crippen molar-refractivity contribution >= 4 is 0 Å². The molecule has 0 spiro atoms. The van der Waals surface area contributed by atoms with Gasteiger partial charge in [0.15, 0.2) is 0 Å². The molecule has 0 aliphatic heterocycles. The van der Waals surface area contributed by atoms with Gasteiger partial charge in [-0.15, -0.1) is 6.58 Å². The summed E-state index contributed by atoms with van der Waals surface area (Å²) >= 11 is 0. The van der Waals surface area contributed by atoms with Crippen LogP contribution in [0.2, 0.25) is 0 Å². The van der Waals surface area contributed by atoms with Crippen molar-refractivity contribution in [2.75, 3.05) is 0 Å². The maximum atomic E-state index is 5.29. The van der Waals surface area contributed by atoms with Crippen molar-refractivity contribution in [1.82, 2.24) is 5.43 Å². The first-order valence-electron chi connectivity index (χ1n) is 3.31. The van der Waals surface area contributed by atoms with Crippen LogP contribution in [0.25, 0.3) is 0 Å². The Morgan fingerprint density at radius 2 is 2.33 bits per heavy atom. The topological polar surface area (TPSA) is 38.0 Å². The Bertz CT molecular complexity index is 116. The van der Waals surface area contributed by atoms with E-state index in [1.807, 2.05) is 6.08 Å². The molecule has 0 aromatic heterocycles. The van der Waals surface area contributed by atoms with Gasteiger partial charge in [0.05, 0.1) is 0 Å². The predicted molar refractivity (Wildman–Crippen MR) is 38.6 cm³/mol. The van der Waals surface area contributed by atoms with E-state index in [0.29, 0.717) is 11.5 Å². The molecule has 1 rings (SSSR count). The zero-order chi connectivity index (χ0) is 6.91. The van der Waals surface area contributed by atoms with Crippen LogP contribution < -0.4 is 11.3 Å². The molecule has 9 heavy (non-hydrogen) atoms. The summed E-state index contributed by atoms with van der Waals surface area (Å²) in [6.45, 7) is 5.92. The molecule has 1 saturated carbocycles. The second-order valence-electron chi connectivity index (χ2n) is 3.03. The SMILES string of the molecule is C=CC(NN)C1(C)CC1. The Morgan fingerprint density at radius 1 is 1.78 bits per heavy atom. The van der Waals surface area contributed by atoms with Gasteiger partial charge in [-0.1, -0.05) is 13.0 Å². The molecule has 1 atom stereocenters. The summed E-state index contributed by atoms with van der Waals surface area (Å²) in [4.78, 5) is 0. The summed E-state index contributed by atoms with van der Waals surface area (Å²) in [6.07, 6.45) is 4.43. The molecule has 0 amide bonds. The molecule has 2 heteroatoms. The predicted octanol–water partition coefficient (Wildman–Crippen LogP) is 0.804. The van der Waals surface area contributed by atoms with Gasteiger partial charge in [-0.2, -0.15) is 0 Å². The first-order valence-corrected chi connectivity index (χ1v) is 3.31. The van der Waals surface area contributed by atoms with Gasteiger partial charge in [0, 0.05) is 6.04 Å². The fraction of sp³-hybridized carbons (Fsp3) is 0.714. The lowest BCUT2D eigenvalue weighted by Gasteiger charge is -2.17. The van der Waals surface area contributed by atoms with Crippen molar-refractivity contribution in [2.24, 2.45) is 11.3 Å². The maximum Gasteiger partial charge on any atom is 0.0441 e. The Kier molecular flexibility index (Phi) is 1.60. The molecule has 1 aliphatic carbocycles. The minimum Gasteiger partial charge on any atom is -0.271 e. The zero-order valence-electron chi connectivity index (χ0n) is 5.85. The second kappa shape index (κ2) is 2.12. The number of hydrogen-bond acceptors (Lipinski definition) is 2. The van der Waals surface area contributed by atoms with Gasteiger partial charge < -0.3 is 0 Å². The minimum absolute atomic E-state index is 0.303. The highest BCUT2D eigenvalue weighted by atomic mass is 15.2. The molecule has 0 heterocycles. The molecule has 52 valence electrons. The van der Waals surface area contributed by atoms with Gasteiger partial charge in [0.2, 0.25) is 0 Å². The lowest BCUT2D eigenvalue weighted by atomic mass is 10.0. The van der Waals surface area contributed by atoms with Crippen LogP contribution in [-0.4, -0.2) is 6.04 Å². The first-order chi connectivity index (χ1) is 4.23. The third-order valence-corrected chi connectivity index (χ3v) is 2.20. The van der Waals surface area contributed by atoms with E-state index in [4.69, 9.17) is 5.84 Å². The second-order valence-corrected chi connectivity index (χ2v) is 3.03. The summed E-state index contributed by atoms with van der Waals surface area (Å²) in [5.41, 5.74) is 3.15. The van der Waals surface area contributed by atoms with Crippen LogP contribution in [0.15, 0.2) is 12.7 Å². The van der Waals surface area contributed by atoms with Gasteiger partial charge >= 0.3 is 0 Å². The highest BCUT2D eigenvalue weighted by Gasteiger charge is 2.42. The van der Waals surface area contributed by atoms with E-state index in [9.17, 15) is 0 Å². The van der Waals surface area contributed by atoms with Crippen LogP contribution in [0.5, 0.6) is 0 Å². The average molecular weight is 126 g/mol. The van der Waals surface area contributed by atoms with Gasteiger partial charge in [0.25, 0.3) is 0 Å². The van der Waals surface area contributed by atoms with E-state index in [-0.39, 0.29) is 0 Å². The van der Waals surface area contributed by atoms with Crippen LogP contribution in [0.3, 0.4) is 0 Å². The minimum atomic E-state index is 0.303. The summed E-state index contributed by atoms with van der Waals surface area (Å²) in [5.74, 6) is 5.29. The van der Waals surface area contributed by atoms with Crippen molar-refractivity contribution in [3.8, 4) is 0 Å². The van der Waals surface area contributed by atoms with Crippen molar-refractivity contribution in [1.29, 1.82) is 0 Å². The molecule has 0 aromatic rings. The van der Waals surface area contributed by atoms with E-state index in [1.54, 1.807) is 0 Å². The number of hydrogen-bond donors (Lipinski definition) is 2. The highest BCUT2D eigenvalue weighted by molar-refractivity contribution is 5.05. The molecular formula is C7H14N2. The first kappa shape index (κ1) is 6.78. The Labute approximate surface area is 56.1 Å². The van der Waals surface area contributed by atoms with Gasteiger partial charge in [0.1, 0.15) is 0 Å². The van der Waals surface area contributed by atoms with E-state index >= 15 is 0 Å². The number of nitrogens with one attached hydrogen (secondary N) is 1. The normalized spacial score (nSPS) is 25.1. The maximum absolute atomic E-state index is 5.29. The van der Waals surface area contributed by atoms with Crippen molar-refractivity contribution in [2.45, 2.75) is 25.8 Å².